The molecule has 1 aromatic carbocycles. The van der Waals surface area contributed by atoms with Crippen molar-refractivity contribution in [3.8, 4) is 5.75 Å². The Balaban J connectivity index is 2.26. The van der Waals surface area contributed by atoms with E-state index in [1.54, 1.807) is 32.0 Å². The molecule has 5 heteroatoms. The van der Waals surface area contributed by atoms with Crippen molar-refractivity contribution in [1.82, 2.24) is 4.98 Å². The standard InChI is InChI=1S/C12H13NO4/c1-3-10(12(14)15)17-8-4-5-9-11(6-8)16-7(2)13-9/h4-6,10H,3H2,1-2H3,(H,14,15). The predicted molar refractivity (Wildman–Crippen MR) is 61.1 cm³/mol. The van der Waals surface area contributed by atoms with E-state index in [9.17, 15) is 4.79 Å². The Hall–Kier alpha value is -2.04. The molecule has 0 saturated carbocycles. The number of hydrogen-bond acceptors (Lipinski definition) is 4. The first-order valence-electron chi connectivity index (χ1n) is 5.37. The normalized spacial score (nSPS) is 12.6. The van der Waals surface area contributed by atoms with E-state index in [1.807, 2.05) is 0 Å². The molecular weight excluding hydrogens is 222 g/mol. The van der Waals surface area contributed by atoms with E-state index >= 15 is 0 Å². The van der Waals surface area contributed by atoms with Gasteiger partial charge in [0, 0.05) is 13.0 Å². The van der Waals surface area contributed by atoms with Gasteiger partial charge in [-0.1, -0.05) is 6.92 Å². The van der Waals surface area contributed by atoms with E-state index in [0.29, 0.717) is 23.6 Å². The van der Waals surface area contributed by atoms with Crippen molar-refractivity contribution < 1.29 is 19.1 Å². The molecule has 1 N–H and O–H groups in total. The number of hydrogen-bond donors (Lipinski definition) is 1. The van der Waals surface area contributed by atoms with Crippen LogP contribution in [0.3, 0.4) is 0 Å². The molecule has 1 atom stereocenters. The Morgan fingerprint density at radius 2 is 2.35 bits per heavy atom. The van der Waals surface area contributed by atoms with E-state index in [4.69, 9.17) is 14.3 Å². The second-order valence-corrected chi connectivity index (χ2v) is 3.72. The van der Waals surface area contributed by atoms with Crippen LogP contribution < -0.4 is 4.74 Å². The fourth-order valence-corrected chi connectivity index (χ4v) is 1.57. The van der Waals surface area contributed by atoms with Gasteiger partial charge < -0.3 is 14.3 Å². The lowest BCUT2D eigenvalue weighted by Crippen LogP contribution is -2.25. The van der Waals surface area contributed by atoms with Gasteiger partial charge in [-0.3, -0.25) is 0 Å². The maximum absolute atomic E-state index is 10.8. The van der Waals surface area contributed by atoms with Gasteiger partial charge in [-0.2, -0.15) is 0 Å². The van der Waals surface area contributed by atoms with Crippen LogP contribution in [0, 0.1) is 6.92 Å². The van der Waals surface area contributed by atoms with Crippen LogP contribution in [0.2, 0.25) is 0 Å². The number of aliphatic carboxylic acids is 1. The first kappa shape index (κ1) is 11.4. The van der Waals surface area contributed by atoms with Gasteiger partial charge in [-0.15, -0.1) is 0 Å². The van der Waals surface area contributed by atoms with Crippen LogP contribution in [-0.2, 0) is 4.79 Å². The average molecular weight is 235 g/mol. The summed E-state index contributed by atoms with van der Waals surface area (Å²) in [5.41, 5.74) is 1.33. The number of aryl methyl sites for hydroxylation is 1. The van der Waals surface area contributed by atoms with Gasteiger partial charge in [0.25, 0.3) is 0 Å². The van der Waals surface area contributed by atoms with Gasteiger partial charge in [0.15, 0.2) is 17.6 Å². The lowest BCUT2D eigenvalue weighted by atomic mass is 10.2. The number of aromatic nitrogens is 1. The molecule has 0 radical (unpaired) electrons. The van der Waals surface area contributed by atoms with Gasteiger partial charge in [0.05, 0.1) is 0 Å². The number of nitrogens with zero attached hydrogens (tertiary/aromatic N) is 1. The van der Waals surface area contributed by atoms with Gasteiger partial charge in [-0.25, -0.2) is 9.78 Å². The van der Waals surface area contributed by atoms with Crippen LogP contribution in [0.1, 0.15) is 19.2 Å². The average Bonchev–Trinajstić information content (AvgIpc) is 2.64. The Kier molecular flexibility index (Phi) is 2.99. The maximum Gasteiger partial charge on any atom is 0.344 e. The van der Waals surface area contributed by atoms with Gasteiger partial charge in [0.1, 0.15) is 11.3 Å². The molecule has 0 aliphatic carbocycles. The van der Waals surface area contributed by atoms with Crippen LogP contribution >= 0.6 is 0 Å². The van der Waals surface area contributed by atoms with Crippen molar-refractivity contribution in [2.75, 3.05) is 0 Å². The molecule has 5 nitrogen and oxygen atoms in total. The summed E-state index contributed by atoms with van der Waals surface area (Å²) in [6.07, 6.45) is -0.431. The molecule has 0 saturated heterocycles. The highest BCUT2D eigenvalue weighted by Crippen LogP contribution is 2.22. The number of carboxylic acids is 1. The fraction of sp³-hybridized carbons (Fsp3) is 0.333. The first-order chi connectivity index (χ1) is 8.10. The van der Waals surface area contributed by atoms with Crippen LogP contribution in [0.25, 0.3) is 11.1 Å². The van der Waals surface area contributed by atoms with Gasteiger partial charge >= 0.3 is 5.97 Å². The van der Waals surface area contributed by atoms with Crippen LogP contribution in [0.5, 0.6) is 5.75 Å². The Morgan fingerprint density at radius 1 is 1.59 bits per heavy atom. The van der Waals surface area contributed by atoms with Crippen molar-refractivity contribution in [1.29, 1.82) is 0 Å². The minimum absolute atomic E-state index is 0.406. The Labute approximate surface area is 98.0 Å². The summed E-state index contributed by atoms with van der Waals surface area (Å²) in [4.78, 5) is 15.0. The molecular formula is C12H13NO4. The summed E-state index contributed by atoms with van der Waals surface area (Å²) in [7, 11) is 0. The number of ether oxygens (including phenoxy) is 1. The Bertz CT molecular complexity index is 546. The van der Waals surface area contributed by atoms with Crippen LogP contribution in [-0.4, -0.2) is 22.2 Å². The highest BCUT2D eigenvalue weighted by molar-refractivity contribution is 5.75. The van der Waals surface area contributed by atoms with Crippen molar-refractivity contribution in [2.45, 2.75) is 26.4 Å². The van der Waals surface area contributed by atoms with Crippen LogP contribution in [0.15, 0.2) is 22.6 Å². The quantitative estimate of drug-likeness (QED) is 0.880. The predicted octanol–water partition coefficient (Wildman–Crippen LogP) is 2.38. The highest BCUT2D eigenvalue weighted by atomic mass is 16.5. The molecule has 0 aliphatic heterocycles. The van der Waals surface area contributed by atoms with E-state index in [-0.39, 0.29) is 0 Å². The molecule has 1 aromatic heterocycles. The largest absolute Gasteiger partial charge is 0.479 e. The summed E-state index contributed by atoms with van der Waals surface area (Å²) < 4.78 is 10.7. The summed E-state index contributed by atoms with van der Waals surface area (Å²) in [5.74, 6) is 0.0756. The number of rotatable bonds is 4. The van der Waals surface area contributed by atoms with Crippen molar-refractivity contribution in [3.63, 3.8) is 0 Å². The third kappa shape index (κ3) is 2.38. The lowest BCUT2D eigenvalue weighted by Gasteiger charge is -2.12. The molecule has 0 spiro atoms. The second-order valence-electron chi connectivity index (χ2n) is 3.72. The molecule has 90 valence electrons. The fourth-order valence-electron chi connectivity index (χ4n) is 1.57. The number of carbonyl (C=O) groups is 1. The number of fused-ring (bicyclic) bond motifs is 1. The molecule has 17 heavy (non-hydrogen) atoms. The third-order valence-electron chi connectivity index (χ3n) is 2.39. The van der Waals surface area contributed by atoms with Gasteiger partial charge in [0.2, 0.25) is 0 Å². The van der Waals surface area contributed by atoms with E-state index in [0.717, 1.165) is 5.52 Å². The maximum atomic E-state index is 10.8. The zero-order valence-corrected chi connectivity index (χ0v) is 9.64. The SMILES string of the molecule is CCC(Oc1ccc2nc(C)oc2c1)C(=O)O. The molecule has 2 aromatic rings. The molecule has 0 aliphatic rings. The number of oxazole rings is 1. The minimum Gasteiger partial charge on any atom is -0.479 e. The molecule has 0 amide bonds. The summed E-state index contributed by atoms with van der Waals surface area (Å²) in [6, 6.07) is 5.09. The topological polar surface area (TPSA) is 72.6 Å². The third-order valence-corrected chi connectivity index (χ3v) is 2.39. The van der Waals surface area contributed by atoms with Gasteiger partial charge in [-0.05, 0) is 18.6 Å². The zero-order chi connectivity index (χ0) is 12.4. The van der Waals surface area contributed by atoms with Crippen molar-refractivity contribution in [3.05, 3.63) is 24.1 Å². The molecule has 0 fully saturated rings. The molecule has 1 heterocycles. The molecule has 0 bridgehead atoms. The first-order valence-corrected chi connectivity index (χ1v) is 5.37. The lowest BCUT2D eigenvalue weighted by molar-refractivity contribution is -0.145. The van der Waals surface area contributed by atoms with E-state index in [1.165, 1.54) is 0 Å². The Morgan fingerprint density at radius 3 is 3.00 bits per heavy atom. The smallest absolute Gasteiger partial charge is 0.344 e. The zero-order valence-electron chi connectivity index (χ0n) is 9.64. The summed E-state index contributed by atoms with van der Waals surface area (Å²) >= 11 is 0. The van der Waals surface area contributed by atoms with Crippen LogP contribution in [0.4, 0.5) is 0 Å². The van der Waals surface area contributed by atoms with E-state index < -0.39 is 12.1 Å². The number of carboxylic acid groups (broad SMARTS) is 1. The van der Waals surface area contributed by atoms with E-state index in [2.05, 4.69) is 4.98 Å². The molecule has 1 unspecified atom stereocenters. The minimum atomic E-state index is -0.971. The highest BCUT2D eigenvalue weighted by Gasteiger charge is 2.17. The second kappa shape index (κ2) is 4.45. The van der Waals surface area contributed by atoms with Crippen molar-refractivity contribution in [2.24, 2.45) is 0 Å². The monoisotopic (exact) mass is 235 g/mol. The summed E-state index contributed by atoms with van der Waals surface area (Å²) in [5, 5.41) is 8.89. The summed E-state index contributed by atoms with van der Waals surface area (Å²) in [6.45, 7) is 3.52. The number of benzene rings is 1. The molecule has 2 rings (SSSR count). The van der Waals surface area contributed by atoms with Crippen molar-refractivity contribution >= 4 is 17.1 Å².